The standard InChI is InChI=1S/C18H31NO2S/c1-18(2)15-5-4-14(17(18)10-15)12-21-13-16(20)11-19-6-3-8-22-9-7-19/h4,15-17,20H,3,5-13H2,1-2H3/t15-,16+,17+/m0/s1. The van der Waals surface area contributed by atoms with Crippen LogP contribution < -0.4 is 0 Å². The van der Waals surface area contributed by atoms with Crippen LogP contribution in [0.4, 0.5) is 0 Å². The lowest BCUT2D eigenvalue weighted by molar-refractivity contribution is -0.0259. The predicted octanol–water partition coefficient (Wildman–Crippen LogP) is 2.80. The Kier molecular flexibility index (Phi) is 5.54. The average molecular weight is 326 g/mol. The lowest BCUT2D eigenvalue weighted by atomic mass is 9.49. The lowest BCUT2D eigenvalue weighted by Crippen LogP contribution is -2.48. The predicted molar refractivity (Wildman–Crippen MR) is 93.3 cm³/mol. The minimum Gasteiger partial charge on any atom is -0.389 e. The van der Waals surface area contributed by atoms with Crippen LogP contribution in [0.1, 0.15) is 33.1 Å². The number of fused-ring (bicyclic) bond motifs is 1. The van der Waals surface area contributed by atoms with Gasteiger partial charge in [0.15, 0.2) is 0 Å². The summed E-state index contributed by atoms with van der Waals surface area (Å²) in [4.78, 5) is 2.38. The summed E-state index contributed by atoms with van der Waals surface area (Å²) in [7, 11) is 0. The Morgan fingerprint density at radius 3 is 3.05 bits per heavy atom. The Hall–Kier alpha value is -0.0300. The zero-order valence-electron chi connectivity index (χ0n) is 14.1. The van der Waals surface area contributed by atoms with E-state index in [1.165, 1.54) is 36.3 Å². The molecule has 1 aliphatic heterocycles. The first-order valence-electron chi connectivity index (χ1n) is 8.82. The highest BCUT2D eigenvalue weighted by molar-refractivity contribution is 7.99. The van der Waals surface area contributed by atoms with Gasteiger partial charge >= 0.3 is 0 Å². The van der Waals surface area contributed by atoms with Crippen LogP contribution in [0.5, 0.6) is 0 Å². The van der Waals surface area contributed by atoms with E-state index < -0.39 is 0 Å². The number of thioether (sulfide) groups is 1. The van der Waals surface area contributed by atoms with Gasteiger partial charge in [-0.25, -0.2) is 0 Å². The molecule has 0 radical (unpaired) electrons. The second kappa shape index (κ2) is 7.25. The van der Waals surface area contributed by atoms with E-state index in [2.05, 4.69) is 24.8 Å². The van der Waals surface area contributed by atoms with Crippen molar-refractivity contribution in [3.63, 3.8) is 0 Å². The largest absolute Gasteiger partial charge is 0.389 e. The van der Waals surface area contributed by atoms with Crippen molar-refractivity contribution < 1.29 is 9.84 Å². The summed E-state index contributed by atoms with van der Waals surface area (Å²) in [6, 6.07) is 0. The molecule has 22 heavy (non-hydrogen) atoms. The SMILES string of the molecule is CC1(C)[C@H]2CC=C(COC[C@H](O)CN3CCCSCC3)[C@H]1C2. The van der Waals surface area contributed by atoms with Gasteiger partial charge in [0.1, 0.15) is 0 Å². The summed E-state index contributed by atoms with van der Waals surface area (Å²) in [6.07, 6.45) is 5.84. The molecule has 0 aromatic heterocycles. The van der Waals surface area contributed by atoms with Gasteiger partial charge in [-0.15, -0.1) is 0 Å². The maximum Gasteiger partial charge on any atom is 0.0900 e. The van der Waals surface area contributed by atoms with Crippen LogP contribution >= 0.6 is 11.8 Å². The molecule has 1 saturated carbocycles. The molecule has 1 N–H and O–H groups in total. The third kappa shape index (κ3) is 3.72. The second-order valence-electron chi connectivity index (χ2n) is 7.76. The quantitative estimate of drug-likeness (QED) is 0.761. The number of hydrogen-bond donors (Lipinski definition) is 1. The minimum atomic E-state index is -0.352. The van der Waals surface area contributed by atoms with Crippen LogP contribution in [-0.4, -0.2) is 60.5 Å². The zero-order valence-corrected chi connectivity index (χ0v) is 14.9. The van der Waals surface area contributed by atoms with Crippen molar-refractivity contribution >= 4 is 11.8 Å². The monoisotopic (exact) mass is 325 g/mol. The molecule has 4 rings (SSSR count). The van der Waals surface area contributed by atoms with Crippen molar-refractivity contribution in [2.24, 2.45) is 17.3 Å². The summed E-state index contributed by atoms with van der Waals surface area (Å²) < 4.78 is 5.85. The van der Waals surface area contributed by atoms with E-state index in [9.17, 15) is 5.11 Å². The number of rotatable bonds is 6. The molecule has 126 valence electrons. The highest BCUT2D eigenvalue weighted by Gasteiger charge is 2.50. The normalized spacial score (nSPS) is 32.8. The van der Waals surface area contributed by atoms with Crippen molar-refractivity contribution in [2.75, 3.05) is 44.4 Å². The Labute approximate surface area is 139 Å². The van der Waals surface area contributed by atoms with E-state index in [0.717, 1.165) is 25.6 Å². The number of ether oxygens (including phenoxy) is 1. The summed E-state index contributed by atoms with van der Waals surface area (Å²) in [5.74, 6) is 4.05. The molecule has 3 atom stereocenters. The molecule has 0 aromatic rings. The maximum atomic E-state index is 10.2. The highest BCUT2D eigenvalue weighted by Crippen LogP contribution is 2.59. The van der Waals surface area contributed by atoms with Gasteiger partial charge in [-0.05, 0) is 54.4 Å². The second-order valence-corrected chi connectivity index (χ2v) is 8.98. The van der Waals surface area contributed by atoms with E-state index in [0.29, 0.717) is 24.5 Å². The third-order valence-corrected chi connectivity index (χ3v) is 6.99. The van der Waals surface area contributed by atoms with Gasteiger partial charge < -0.3 is 9.84 Å². The summed E-state index contributed by atoms with van der Waals surface area (Å²) in [5, 5.41) is 10.2. The first kappa shape index (κ1) is 16.8. The fourth-order valence-electron chi connectivity index (χ4n) is 4.28. The first-order valence-corrected chi connectivity index (χ1v) is 9.97. The van der Waals surface area contributed by atoms with E-state index in [1.54, 1.807) is 0 Å². The fraction of sp³-hybridized carbons (Fsp3) is 0.889. The van der Waals surface area contributed by atoms with Gasteiger partial charge in [0.05, 0.1) is 19.3 Å². The first-order chi connectivity index (χ1) is 10.6. The van der Waals surface area contributed by atoms with Crippen molar-refractivity contribution in [3.8, 4) is 0 Å². The molecule has 4 aliphatic rings. The van der Waals surface area contributed by atoms with Crippen molar-refractivity contribution in [2.45, 2.75) is 39.2 Å². The van der Waals surface area contributed by atoms with Gasteiger partial charge in [0.25, 0.3) is 0 Å². The number of β-amino-alcohol motifs (C(OH)–C–C–N with tert-alkyl or cyclic N) is 1. The summed E-state index contributed by atoms with van der Waals surface area (Å²) >= 11 is 2.03. The number of nitrogens with zero attached hydrogens (tertiary/aromatic N) is 1. The minimum absolute atomic E-state index is 0.352. The molecule has 1 heterocycles. The Bertz CT molecular complexity index is 402. The molecule has 4 heteroatoms. The van der Waals surface area contributed by atoms with Crippen LogP contribution in [0.15, 0.2) is 11.6 Å². The molecule has 2 bridgehead atoms. The average Bonchev–Trinajstić information content (AvgIpc) is 2.76. The topological polar surface area (TPSA) is 32.7 Å². The molecule has 1 saturated heterocycles. The molecule has 3 nitrogen and oxygen atoms in total. The van der Waals surface area contributed by atoms with Crippen LogP contribution in [0.3, 0.4) is 0 Å². The van der Waals surface area contributed by atoms with Crippen LogP contribution in [0.25, 0.3) is 0 Å². The molecule has 0 amide bonds. The summed E-state index contributed by atoms with van der Waals surface area (Å²) in [5.41, 5.74) is 1.95. The molecule has 0 spiro atoms. The van der Waals surface area contributed by atoms with Crippen molar-refractivity contribution in [3.05, 3.63) is 11.6 Å². The van der Waals surface area contributed by atoms with E-state index in [4.69, 9.17) is 4.74 Å². The van der Waals surface area contributed by atoms with Gasteiger partial charge in [-0.1, -0.05) is 19.9 Å². The van der Waals surface area contributed by atoms with Crippen LogP contribution in [-0.2, 0) is 4.74 Å². The maximum absolute atomic E-state index is 10.2. The number of hydrogen-bond acceptors (Lipinski definition) is 4. The number of allylic oxidation sites excluding steroid dienone is 1. The smallest absolute Gasteiger partial charge is 0.0900 e. The van der Waals surface area contributed by atoms with Gasteiger partial charge in [0, 0.05) is 18.8 Å². The van der Waals surface area contributed by atoms with Gasteiger partial charge in [0.2, 0.25) is 0 Å². The molecule has 2 fully saturated rings. The van der Waals surface area contributed by atoms with Crippen LogP contribution in [0, 0.1) is 17.3 Å². The molecule has 3 aliphatic carbocycles. The molecular formula is C18H31NO2S. The molecular weight excluding hydrogens is 294 g/mol. The van der Waals surface area contributed by atoms with Gasteiger partial charge in [-0.2, -0.15) is 11.8 Å². The Morgan fingerprint density at radius 2 is 2.27 bits per heavy atom. The van der Waals surface area contributed by atoms with Gasteiger partial charge in [-0.3, -0.25) is 4.90 Å². The summed E-state index contributed by atoms with van der Waals surface area (Å²) in [6.45, 7) is 8.95. The Morgan fingerprint density at radius 1 is 1.41 bits per heavy atom. The zero-order chi connectivity index (χ0) is 15.6. The van der Waals surface area contributed by atoms with E-state index in [1.807, 2.05) is 11.8 Å². The Balaban J connectivity index is 1.37. The molecule has 0 aromatic carbocycles. The fourth-order valence-corrected chi connectivity index (χ4v) is 5.21. The van der Waals surface area contributed by atoms with E-state index in [-0.39, 0.29) is 6.10 Å². The number of aliphatic hydroxyl groups excluding tert-OH is 1. The van der Waals surface area contributed by atoms with Crippen molar-refractivity contribution in [1.29, 1.82) is 0 Å². The van der Waals surface area contributed by atoms with Crippen LogP contribution in [0.2, 0.25) is 0 Å². The molecule has 0 unspecified atom stereocenters. The van der Waals surface area contributed by atoms with E-state index >= 15 is 0 Å². The van der Waals surface area contributed by atoms with Crippen molar-refractivity contribution in [1.82, 2.24) is 4.90 Å². The third-order valence-electron chi connectivity index (χ3n) is 5.95. The number of aliphatic hydroxyl groups is 1. The highest BCUT2D eigenvalue weighted by atomic mass is 32.2. The lowest BCUT2D eigenvalue weighted by Gasteiger charge is -2.56.